The van der Waals surface area contributed by atoms with E-state index in [1.807, 2.05) is 0 Å². The lowest BCUT2D eigenvalue weighted by atomic mass is 10.0. The first kappa shape index (κ1) is 19.1. The molecule has 3 N–H and O–H groups in total. The molecule has 0 saturated carbocycles. The van der Waals surface area contributed by atoms with Crippen LogP contribution in [0.5, 0.6) is 0 Å². The Hall–Kier alpha value is -4.22. The van der Waals surface area contributed by atoms with Gasteiger partial charge in [0.05, 0.1) is 6.20 Å². The fourth-order valence-corrected chi connectivity index (χ4v) is 2.75. The van der Waals surface area contributed by atoms with Gasteiger partial charge in [0, 0.05) is 24.2 Å². The number of nitrogens with one attached hydrogen (secondary N) is 2. The van der Waals surface area contributed by atoms with Gasteiger partial charge in [-0.1, -0.05) is 0 Å². The number of carbonyl (C=O) groups excluding carboxylic acids is 2. The summed E-state index contributed by atoms with van der Waals surface area (Å²) in [4.78, 5) is 31.8. The highest BCUT2D eigenvalue weighted by Gasteiger charge is 2.35. The molecule has 0 aromatic carbocycles. The number of anilines is 1. The molecule has 3 aromatic rings. The highest BCUT2D eigenvalue weighted by Crippen LogP contribution is 2.28. The fraction of sp³-hybridized carbons (Fsp3) is 0.111. The minimum atomic E-state index is -0.916. The number of carbonyl (C=O) groups is 2. The molecule has 2 amide bonds. The van der Waals surface area contributed by atoms with Gasteiger partial charge in [-0.25, -0.2) is 14.4 Å². The Morgan fingerprint density at radius 1 is 1.23 bits per heavy atom. The quantitative estimate of drug-likeness (QED) is 0.433. The molecule has 12 heteroatoms. The van der Waals surface area contributed by atoms with Crippen LogP contribution in [-0.4, -0.2) is 37.1 Å². The third-order valence-electron chi connectivity index (χ3n) is 4.13. The van der Waals surface area contributed by atoms with Crippen molar-refractivity contribution in [1.82, 2.24) is 25.5 Å². The van der Waals surface area contributed by atoms with Crippen LogP contribution in [0.25, 0.3) is 11.5 Å². The first-order chi connectivity index (χ1) is 14.4. The van der Waals surface area contributed by atoms with E-state index in [9.17, 15) is 23.5 Å². The zero-order valence-corrected chi connectivity index (χ0v) is 15.0. The maximum atomic E-state index is 13.3. The Bertz CT molecular complexity index is 1160. The van der Waals surface area contributed by atoms with E-state index in [0.717, 1.165) is 18.3 Å². The summed E-state index contributed by atoms with van der Waals surface area (Å²) >= 11 is 0. The first-order valence-corrected chi connectivity index (χ1v) is 8.52. The van der Waals surface area contributed by atoms with Crippen molar-refractivity contribution in [3.63, 3.8) is 0 Å². The second kappa shape index (κ2) is 7.66. The predicted octanol–water partition coefficient (Wildman–Crippen LogP) is 1.82. The van der Waals surface area contributed by atoms with Gasteiger partial charge < -0.3 is 20.2 Å². The molecule has 4 rings (SSSR count). The molecule has 0 radical (unpaired) electrons. The summed E-state index contributed by atoms with van der Waals surface area (Å²) in [7, 11) is 0. The summed E-state index contributed by atoms with van der Waals surface area (Å²) < 4.78 is 31.6. The van der Waals surface area contributed by atoms with E-state index in [4.69, 9.17) is 4.42 Å². The van der Waals surface area contributed by atoms with E-state index in [1.54, 1.807) is 0 Å². The summed E-state index contributed by atoms with van der Waals surface area (Å²) in [5.74, 6) is -3.66. The second-order valence-electron chi connectivity index (χ2n) is 6.18. The molecule has 0 aliphatic carbocycles. The van der Waals surface area contributed by atoms with Gasteiger partial charge in [-0.05, 0) is 18.2 Å². The van der Waals surface area contributed by atoms with Crippen molar-refractivity contribution in [2.24, 2.45) is 0 Å². The van der Waals surface area contributed by atoms with Crippen molar-refractivity contribution >= 4 is 17.6 Å². The number of aliphatic hydroxyl groups is 1. The van der Waals surface area contributed by atoms with Crippen LogP contribution in [0.2, 0.25) is 0 Å². The molecule has 152 valence electrons. The van der Waals surface area contributed by atoms with Crippen molar-refractivity contribution in [3.05, 3.63) is 65.6 Å². The van der Waals surface area contributed by atoms with Crippen molar-refractivity contribution in [3.8, 4) is 11.5 Å². The number of nitrogens with zero attached hydrogens (tertiary/aromatic N) is 4. The summed E-state index contributed by atoms with van der Waals surface area (Å²) in [6, 6.07) is 3.95. The predicted molar refractivity (Wildman–Crippen MR) is 95.5 cm³/mol. The van der Waals surface area contributed by atoms with Crippen molar-refractivity contribution in [2.45, 2.75) is 12.5 Å². The van der Waals surface area contributed by atoms with Gasteiger partial charge in [-0.3, -0.25) is 9.59 Å². The maximum absolute atomic E-state index is 13.3. The Morgan fingerprint density at radius 2 is 2.07 bits per heavy atom. The molecule has 0 saturated heterocycles. The minimum absolute atomic E-state index is 0.00255. The molecule has 10 nitrogen and oxygen atoms in total. The van der Waals surface area contributed by atoms with Crippen LogP contribution in [-0.2, 0) is 9.59 Å². The standard InChI is InChI=1S/C18H12F2N6O4/c19-9-1-2-13(22-7-9)24-16(29)14-11(27)6-10(23-15(14)28)18-26-25-17(30-18)8-3-4-21-12(20)5-8/h1-5,7,10,27H,6H2,(H,23,28)(H,22,24,29). The van der Waals surface area contributed by atoms with Gasteiger partial charge in [-0.15, -0.1) is 10.2 Å². The third kappa shape index (κ3) is 3.83. The normalized spacial score (nSPS) is 16.3. The number of hydrogen-bond donors (Lipinski definition) is 3. The molecule has 0 spiro atoms. The average Bonchev–Trinajstić information content (AvgIpc) is 3.19. The van der Waals surface area contributed by atoms with Crippen LogP contribution < -0.4 is 10.6 Å². The van der Waals surface area contributed by atoms with E-state index in [1.165, 1.54) is 18.3 Å². The van der Waals surface area contributed by atoms with Crippen LogP contribution in [0.3, 0.4) is 0 Å². The SMILES string of the molecule is O=C(Nc1ccc(F)cn1)C1=C(O)CC(c2nnc(-c3ccnc(F)c3)o2)NC1=O. The largest absolute Gasteiger partial charge is 0.511 e. The van der Waals surface area contributed by atoms with Gasteiger partial charge in [0.1, 0.15) is 29.0 Å². The van der Waals surface area contributed by atoms with Crippen LogP contribution in [0.4, 0.5) is 14.6 Å². The van der Waals surface area contributed by atoms with Crippen molar-refractivity contribution in [2.75, 3.05) is 5.32 Å². The number of hydrogen-bond acceptors (Lipinski definition) is 8. The second-order valence-corrected chi connectivity index (χ2v) is 6.18. The molecular formula is C18H12F2N6O4. The number of aromatic nitrogens is 4. The van der Waals surface area contributed by atoms with E-state index in [-0.39, 0.29) is 29.6 Å². The lowest BCUT2D eigenvalue weighted by molar-refractivity contribution is -0.123. The van der Waals surface area contributed by atoms with E-state index >= 15 is 0 Å². The van der Waals surface area contributed by atoms with E-state index in [0.29, 0.717) is 0 Å². The molecule has 1 aliphatic rings. The number of halogens is 2. The Balaban J connectivity index is 1.52. The van der Waals surface area contributed by atoms with Crippen molar-refractivity contribution < 1.29 is 27.9 Å². The lowest BCUT2D eigenvalue weighted by Crippen LogP contribution is -2.39. The highest BCUT2D eigenvalue weighted by atomic mass is 19.1. The number of pyridine rings is 2. The first-order valence-electron chi connectivity index (χ1n) is 8.52. The Kier molecular flexibility index (Phi) is 4.88. The molecule has 30 heavy (non-hydrogen) atoms. The Labute approximate surface area is 166 Å². The molecule has 0 bridgehead atoms. The van der Waals surface area contributed by atoms with Gasteiger partial charge in [0.2, 0.25) is 17.7 Å². The van der Waals surface area contributed by atoms with Gasteiger partial charge in [0.15, 0.2) is 0 Å². The Morgan fingerprint density at radius 3 is 2.77 bits per heavy atom. The maximum Gasteiger partial charge on any atom is 0.265 e. The monoisotopic (exact) mass is 414 g/mol. The third-order valence-corrected chi connectivity index (χ3v) is 4.13. The van der Waals surface area contributed by atoms with E-state index < -0.39 is 41.0 Å². The summed E-state index contributed by atoms with van der Waals surface area (Å²) in [6.45, 7) is 0. The molecule has 1 aliphatic heterocycles. The minimum Gasteiger partial charge on any atom is -0.511 e. The summed E-state index contributed by atoms with van der Waals surface area (Å²) in [6.07, 6.45) is 1.92. The molecular weight excluding hydrogens is 402 g/mol. The van der Waals surface area contributed by atoms with Crippen LogP contribution in [0, 0.1) is 11.8 Å². The van der Waals surface area contributed by atoms with Crippen LogP contribution in [0.15, 0.2) is 52.4 Å². The lowest BCUT2D eigenvalue weighted by Gasteiger charge is -2.22. The fourth-order valence-electron chi connectivity index (χ4n) is 2.75. The highest BCUT2D eigenvalue weighted by molar-refractivity contribution is 6.23. The number of rotatable bonds is 4. The zero-order valence-electron chi connectivity index (χ0n) is 15.0. The molecule has 1 unspecified atom stereocenters. The molecule has 0 fully saturated rings. The van der Waals surface area contributed by atoms with Gasteiger partial charge in [-0.2, -0.15) is 4.39 Å². The summed E-state index contributed by atoms with van der Waals surface area (Å²) in [5, 5.41) is 22.6. The van der Waals surface area contributed by atoms with Crippen LogP contribution in [0.1, 0.15) is 18.4 Å². The smallest absolute Gasteiger partial charge is 0.265 e. The zero-order chi connectivity index (χ0) is 21.3. The topological polar surface area (TPSA) is 143 Å². The molecule has 4 heterocycles. The van der Waals surface area contributed by atoms with Gasteiger partial charge >= 0.3 is 0 Å². The van der Waals surface area contributed by atoms with Crippen LogP contribution >= 0.6 is 0 Å². The molecule has 3 aromatic heterocycles. The number of aliphatic hydroxyl groups excluding tert-OH is 1. The van der Waals surface area contributed by atoms with Gasteiger partial charge in [0.25, 0.3) is 11.8 Å². The summed E-state index contributed by atoms with van der Waals surface area (Å²) in [5.41, 5.74) is -0.233. The van der Waals surface area contributed by atoms with Crippen molar-refractivity contribution in [1.29, 1.82) is 0 Å². The molecule has 1 atom stereocenters. The van der Waals surface area contributed by atoms with E-state index in [2.05, 4.69) is 30.8 Å². The number of amides is 2. The average molecular weight is 414 g/mol.